The number of nitrogens with two attached hydrogens (primary N) is 1. The summed E-state index contributed by atoms with van der Waals surface area (Å²) in [6.07, 6.45) is 0. The Labute approximate surface area is 134 Å². The number of ether oxygens (including phenoxy) is 1. The molecule has 2 aromatic rings. The summed E-state index contributed by atoms with van der Waals surface area (Å²) in [6, 6.07) is 10.9. The van der Waals surface area contributed by atoms with Gasteiger partial charge in [0.2, 0.25) is 0 Å². The van der Waals surface area contributed by atoms with Crippen molar-refractivity contribution < 1.29 is 14.4 Å². The van der Waals surface area contributed by atoms with E-state index in [1.165, 1.54) is 0 Å². The molecule has 0 amide bonds. The molecule has 21 heavy (non-hydrogen) atoms. The van der Waals surface area contributed by atoms with Crippen molar-refractivity contribution in [3.63, 3.8) is 0 Å². The summed E-state index contributed by atoms with van der Waals surface area (Å²) in [5, 5.41) is 10.2. The molecule has 1 aliphatic rings. The number of hydrogen-bond acceptors (Lipinski definition) is 4. The maximum Gasteiger partial charge on any atom is 0.491 e. The highest BCUT2D eigenvalue weighted by Gasteiger charge is 2.27. The molecule has 0 bridgehead atoms. The van der Waals surface area contributed by atoms with E-state index < -0.39 is 7.12 Å². The molecule has 0 fully saturated rings. The fourth-order valence-electron chi connectivity index (χ4n) is 2.14. The van der Waals surface area contributed by atoms with E-state index in [0.717, 1.165) is 16.6 Å². The van der Waals surface area contributed by atoms with Crippen LogP contribution in [0.25, 0.3) is 0 Å². The van der Waals surface area contributed by atoms with Crippen LogP contribution in [0.3, 0.4) is 0 Å². The summed E-state index contributed by atoms with van der Waals surface area (Å²) in [7, 11) is -0.886. The molecule has 1 aliphatic heterocycles. The second-order valence-electron chi connectivity index (χ2n) is 4.59. The zero-order chi connectivity index (χ0) is 14.1. The Morgan fingerprint density at radius 2 is 2.10 bits per heavy atom. The Kier molecular flexibility index (Phi) is 5.14. The lowest BCUT2D eigenvalue weighted by Crippen LogP contribution is -2.27. The number of hydrogen-bond donors (Lipinski definition) is 2. The van der Waals surface area contributed by atoms with Crippen LogP contribution in [0.15, 0.2) is 36.4 Å². The molecule has 0 saturated heterocycles. The fraction of sp³-hybridized carbons (Fsp3) is 0.143. The van der Waals surface area contributed by atoms with Crippen LogP contribution >= 0.6 is 24.0 Å². The van der Waals surface area contributed by atoms with Crippen molar-refractivity contribution in [2.75, 3.05) is 0 Å². The predicted molar refractivity (Wildman–Crippen MR) is 85.5 cm³/mol. The molecule has 0 unspecified atom stereocenters. The quantitative estimate of drug-likeness (QED) is 0.849. The number of halogens is 2. The van der Waals surface area contributed by atoms with Gasteiger partial charge in [0.15, 0.2) is 0 Å². The van der Waals surface area contributed by atoms with E-state index in [2.05, 4.69) is 0 Å². The van der Waals surface area contributed by atoms with Gasteiger partial charge in [-0.15, -0.1) is 12.4 Å². The van der Waals surface area contributed by atoms with Crippen LogP contribution in [0.1, 0.15) is 11.1 Å². The molecule has 3 rings (SSSR count). The van der Waals surface area contributed by atoms with Gasteiger partial charge in [-0.1, -0.05) is 23.7 Å². The smallest absolute Gasteiger partial charge is 0.456 e. The molecule has 7 heteroatoms. The number of rotatable bonds is 3. The van der Waals surface area contributed by atoms with Crippen LogP contribution < -0.4 is 15.9 Å². The van der Waals surface area contributed by atoms with Gasteiger partial charge in [0.25, 0.3) is 0 Å². The zero-order valence-corrected chi connectivity index (χ0v) is 12.7. The van der Waals surface area contributed by atoms with Crippen LogP contribution in [-0.4, -0.2) is 12.1 Å². The summed E-state index contributed by atoms with van der Waals surface area (Å²) in [5.41, 5.74) is 8.20. The fourth-order valence-corrected chi connectivity index (χ4v) is 2.38. The van der Waals surface area contributed by atoms with E-state index in [-0.39, 0.29) is 12.4 Å². The Balaban J connectivity index is 0.00000161. The molecule has 0 aromatic heterocycles. The van der Waals surface area contributed by atoms with Gasteiger partial charge in [0.05, 0.1) is 11.6 Å². The lowest BCUT2D eigenvalue weighted by Gasteiger charge is -2.10. The van der Waals surface area contributed by atoms with Crippen molar-refractivity contribution in [1.29, 1.82) is 0 Å². The SMILES string of the molecule is Cl.NCc1ccc(Oc2ccc3c(c2)B(O)OC3)c(Cl)c1. The Morgan fingerprint density at radius 1 is 1.29 bits per heavy atom. The normalized spacial score (nSPS) is 12.8. The van der Waals surface area contributed by atoms with Gasteiger partial charge in [-0.3, -0.25) is 0 Å². The Bertz CT molecular complexity index is 654. The second kappa shape index (κ2) is 6.68. The van der Waals surface area contributed by atoms with Crippen LogP contribution in [0.5, 0.6) is 11.5 Å². The molecule has 0 aliphatic carbocycles. The van der Waals surface area contributed by atoms with Crippen LogP contribution in [0.2, 0.25) is 5.02 Å². The minimum atomic E-state index is -0.886. The van der Waals surface area contributed by atoms with E-state index in [0.29, 0.717) is 29.7 Å². The molecule has 0 atom stereocenters. The summed E-state index contributed by atoms with van der Waals surface area (Å²) < 4.78 is 10.9. The van der Waals surface area contributed by atoms with Crippen molar-refractivity contribution in [1.82, 2.24) is 0 Å². The van der Waals surface area contributed by atoms with Crippen LogP contribution in [-0.2, 0) is 17.8 Å². The minimum absolute atomic E-state index is 0. The number of benzene rings is 2. The first-order chi connectivity index (χ1) is 9.67. The van der Waals surface area contributed by atoms with E-state index in [9.17, 15) is 5.02 Å². The average molecular weight is 326 g/mol. The van der Waals surface area contributed by atoms with Crippen molar-refractivity contribution in [2.45, 2.75) is 13.2 Å². The largest absolute Gasteiger partial charge is 0.491 e. The summed E-state index contributed by atoms with van der Waals surface area (Å²) in [4.78, 5) is 0. The third kappa shape index (κ3) is 3.34. The van der Waals surface area contributed by atoms with Gasteiger partial charge >= 0.3 is 7.12 Å². The van der Waals surface area contributed by atoms with Crippen molar-refractivity contribution in [3.05, 3.63) is 52.5 Å². The van der Waals surface area contributed by atoms with Gasteiger partial charge in [0.1, 0.15) is 11.5 Å². The van der Waals surface area contributed by atoms with Crippen LogP contribution in [0, 0.1) is 0 Å². The van der Waals surface area contributed by atoms with E-state index >= 15 is 0 Å². The first kappa shape index (κ1) is 16.1. The summed E-state index contributed by atoms with van der Waals surface area (Å²) in [5.74, 6) is 1.16. The molecule has 2 aromatic carbocycles. The van der Waals surface area contributed by atoms with Crippen molar-refractivity contribution >= 4 is 36.6 Å². The van der Waals surface area contributed by atoms with Gasteiger partial charge in [0, 0.05) is 6.54 Å². The first-order valence-corrected chi connectivity index (χ1v) is 6.64. The Morgan fingerprint density at radius 3 is 2.81 bits per heavy atom. The predicted octanol–water partition coefficient (Wildman–Crippen LogP) is 2.23. The van der Waals surface area contributed by atoms with Gasteiger partial charge in [-0.2, -0.15) is 0 Å². The molecular formula is C14H14BCl2NO3. The highest BCUT2D eigenvalue weighted by molar-refractivity contribution is 6.61. The third-order valence-corrected chi connectivity index (χ3v) is 3.54. The Hall–Kier alpha value is -1.24. The molecule has 4 nitrogen and oxygen atoms in total. The minimum Gasteiger partial charge on any atom is -0.456 e. The molecular weight excluding hydrogens is 312 g/mol. The highest BCUT2D eigenvalue weighted by atomic mass is 35.5. The molecule has 0 spiro atoms. The van der Waals surface area contributed by atoms with E-state index in [1.807, 2.05) is 18.2 Å². The maximum absolute atomic E-state index is 9.68. The summed E-state index contributed by atoms with van der Waals surface area (Å²) >= 11 is 6.15. The molecule has 110 valence electrons. The maximum atomic E-state index is 9.68. The average Bonchev–Trinajstić information content (AvgIpc) is 2.82. The zero-order valence-electron chi connectivity index (χ0n) is 11.1. The second-order valence-corrected chi connectivity index (χ2v) is 5.00. The lowest BCUT2D eigenvalue weighted by molar-refractivity contribution is 0.275. The van der Waals surface area contributed by atoms with Gasteiger partial charge in [-0.05, 0) is 40.9 Å². The molecule has 0 saturated carbocycles. The van der Waals surface area contributed by atoms with Crippen molar-refractivity contribution in [2.24, 2.45) is 5.73 Å². The molecule has 0 radical (unpaired) electrons. The van der Waals surface area contributed by atoms with Gasteiger partial charge in [-0.25, -0.2) is 0 Å². The third-order valence-electron chi connectivity index (χ3n) is 3.24. The lowest BCUT2D eigenvalue weighted by atomic mass is 9.79. The molecule has 1 heterocycles. The van der Waals surface area contributed by atoms with E-state index in [4.69, 9.17) is 26.7 Å². The standard InChI is InChI=1S/C14H13BClNO3.ClH/c16-13-5-9(7-17)1-4-14(13)20-11-3-2-10-8-19-15(18)12(10)6-11;/h1-6,18H,7-8,17H2;1H. The topological polar surface area (TPSA) is 64.7 Å². The monoisotopic (exact) mass is 325 g/mol. The molecule has 3 N–H and O–H groups in total. The van der Waals surface area contributed by atoms with Crippen molar-refractivity contribution in [3.8, 4) is 11.5 Å². The van der Waals surface area contributed by atoms with Crippen LogP contribution in [0.4, 0.5) is 0 Å². The first-order valence-electron chi connectivity index (χ1n) is 6.26. The highest BCUT2D eigenvalue weighted by Crippen LogP contribution is 2.30. The number of fused-ring (bicyclic) bond motifs is 1. The van der Waals surface area contributed by atoms with Gasteiger partial charge < -0.3 is 20.1 Å². The van der Waals surface area contributed by atoms with E-state index in [1.54, 1.807) is 18.2 Å². The summed E-state index contributed by atoms with van der Waals surface area (Å²) in [6.45, 7) is 0.852.